The molecule has 0 atom stereocenters. The van der Waals surface area contributed by atoms with Crippen LogP contribution in [-0.2, 0) is 6.54 Å². The van der Waals surface area contributed by atoms with Crippen LogP contribution in [0.3, 0.4) is 0 Å². The third-order valence-electron chi connectivity index (χ3n) is 3.43. The third-order valence-corrected chi connectivity index (χ3v) is 4.82. The second-order valence-corrected chi connectivity index (χ2v) is 6.40. The zero-order valence-electron chi connectivity index (χ0n) is 12.7. The van der Waals surface area contributed by atoms with Gasteiger partial charge in [0.2, 0.25) is 0 Å². The highest BCUT2D eigenvalue weighted by molar-refractivity contribution is 7.16. The minimum absolute atomic E-state index is 0.0555. The van der Waals surface area contributed by atoms with Crippen molar-refractivity contribution in [3.8, 4) is 12.3 Å². The number of fused-ring (bicyclic) bond motifs is 1. The highest BCUT2D eigenvalue weighted by Gasteiger charge is 2.14. The van der Waals surface area contributed by atoms with E-state index in [1.165, 1.54) is 23.5 Å². The maximum absolute atomic E-state index is 12.4. The van der Waals surface area contributed by atoms with Crippen molar-refractivity contribution in [1.29, 1.82) is 0 Å². The maximum Gasteiger partial charge on any atom is 0.281 e. The van der Waals surface area contributed by atoms with Crippen LogP contribution in [0.5, 0.6) is 0 Å². The Kier molecular flexibility index (Phi) is 4.65. The number of thiazole rings is 1. The first-order valence-corrected chi connectivity index (χ1v) is 8.25. The van der Waals surface area contributed by atoms with E-state index in [-0.39, 0.29) is 17.8 Å². The van der Waals surface area contributed by atoms with Crippen molar-refractivity contribution in [2.45, 2.75) is 6.54 Å². The van der Waals surface area contributed by atoms with Gasteiger partial charge in [-0.15, -0.1) is 6.42 Å². The first-order valence-electron chi connectivity index (χ1n) is 7.06. The number of hydrogen-bond donors (Lipinski definition) is 0. The lowest BCUT2D eigenvalue weighted by Crippen LogP contribution is -2.16. The van der Waals surface area contributed by atoms with Crippen molar-refractivity contribution in [3.05, 3.63) is 68.0 Å². The molecular formula is C17H10ClN3O3S. The number of nitro benzene ring substituents is 1. The Morgan fingerprint density at radius 2 is 2.12 bits per heavy atom. The fraction of sp³-hybridized carbons (Fsp3) is 0.0588. The van der Waals surface area contributed by atoms with E-state index in [4.69, 9.17) is 18.0 Å². The smallest absolute Gasteiger partial charge is 0.281 e. The van der Waals surface area contributed by atoms with Crippen LogP contribution in [0.4, 0.5) is 5.69 Å². The average molecular weight is 372 g/mol. The van der Waals surface area contributed by atoms with E-state index in [0.717, 1.165) is 4.70 Å². The summed E-state index contributed by atoms with van der Waals surface area (Å²) in [6, 6.07) is 11.0. The van der Waals surface area contributed by atoms with E-state index < -0.39 is 10.8 Å². The number of terminal acetylenes is 1. The first-order chi connectivity index (χ1) is 12.0. The summed E-state index contributed by atoms with van der Waals surface area (Å²) >= 11 is 7.26. The standard InChI is InChI=1S/C17H10ClN3O3S/c1-2-9-20-14-10-11(21(23)24)7-8-15(14)25-17(20)19-16(22)12-5-3-4-6-13(12)18/h1,3-8,10H,9H2. The lowest BCUT2D eigenvalue weighted by molar-refractivity contribution is -0.384. The molecule has 0 aliphatic rings. The van der Waals surface area contributed by atoms with Gasteiger partial charge in [0.1, 0.15) is 0 Å². The molecule has 124 valence electrons. The zero-order valence-corrected chi connectivity index (χ0v) is 14.3. The number of amides is 1. The Morgan fingerprint density at radius 1 is 1.36 bits per heavy atom. The van der Waals surface area contributed by atoms with Gasteiger partial charge in [0.05, 0.1) is 32.3 Å². The quantitative estimate of drug-likeness (QED) is 0.400. The molecule has 3 aromatic rings. The number of carbonyl (C=O) groups is 1. The van der Waals surface area contributed by atoms with Crippen molar-refractivity contribution in [2.75, 3.05) is 0 Å². The van der Waals surface area contributed by atoms with E-state index in [1.807, 2.05) is 0 Å². The van der Waals surface area contributed by atoms with E-state index in [0.29, 0.717) is 15.3 Å². The molecule has 0 radical (unpaired) electrons. The molecule has 1 aromatic heterocycles. The van der Waals surface area contributed by atoms with Gasteiger partial charge in [-0.05, 0) is 18.2 Å². The van der Waals surface area contributed by atoms with Crippen LogP contribution < -0.4 is 4.80 Å². The summed E-state index contributed by atoms with van der Waals surface area (Å²) in [6.45, 7) is 0.135. The first kappa shape index (κ1) is 16.9. The van der Waals surface area contributed by atoms with Crippen LogP contribution in [0.25, 0.3) is 10.2 Å². The molecular weight excluding hydrogens is 362 g/mol. The van der Waals surface area contributed by atoms with Crippen molar-refractivity contribution in [2.24, 2.45) is 4.99 Å². The van der Waals surface area contributed by atoms with Gasteiger partial charge in [-0.3, -0.25) is 14.9 Å². The molecule has 0 unspecified atom stereocenters. The molecule has 0 saturated heterocycles. The highest BCUT2D eigenvalue weighted by atomic mass is 35.5. The van der Waals surface area contributed by atoms with Gasteiger partial charge < -0.3 is 4.57 Å². The van der Waals surface area contributed by atoms with Crippen LogP contribution in [0.15, 0.2) is 47.5 Å². The van der Waals surface area contributed by atoms with Gasteiger partial charge in [-0.2, -0.15) is 4.99 Å². The molecule has 0 saturated carbocycles. The van der Waals surface area contributed by atoms with Crippen LogP contribution >= 0.6 is 22.9 Å². The summed E-state index contributed by atoms with van der Waals surface area (Å²) in [5.41, 5.74) is 0.780. The van der Waals surface area contributed by atoms with E-state index in [1.54, 1.807) is 34.9 Å². The lowest BCUT2D eigenvalue weighted by atomic mass is 10.2. The molecule has 0 aliphatic heterocycles. The fourth-order valence-electron chi connectivity index (χ4n) is 2.28. The number of benzene rings is 2. The topological polar surface area (TPSA) is 77.5 Å². The molecule has 25 heavy (non-hydrogen) atoms. The summed E-state index contributed by atoms with van der Waals surface area (Å²) in [4.78, 5) is 27.4. The Labute approximate surface area is 151 Å². The highest BCUT2D eigenvalue weighted by Crippen LogP contribution is 2.23. The number of rotatable bonds is 3. The minimum atomic E-state index is -0.502. The van der Waals surface area contributed by atoms with Crippen LogP contribution in [0.2, 0.25) is 5.02 Å². The Bertz CT molecular complexity index is 1110. The molecule has 0 N–H and O–H groups in total. The lowest BCUT2D eigenvalue weighted by Gasteiger charge is -2.00. The van der Waals surface area contributed by atoms with Gasteiger partial charge in [-0.25, -0.2) is 0 Å². The van der Waals surface area contributed by atoms with Crippen molar-refractivity contribution < 1.29 is 9.72 Å². The Hall–Kier alpha value is -2.95. The fourth-order valence-corrected chi connectivity index (χ4v) is 3.51. The molecule has 2 aromatic carbocycles. The van der Waals surface area contributed by atoms with Gasteiger partial charge in [0.15, 0.2) is 4.80 Å². The second-order valence-electron chi connectivity index (χ2n) is 4.98. The Morgan fingerprint density at radius 3 is 2.80 bits per heavy atom. The Balaban J connectivity index is 2.20. The molecule has 3 rings (SSSR count). The minimum Gasteiger partial charge on any atom is -0.304 e. The average Bonchev–Trinajstić information content (AvgIpc) is 2.92. The predicted molar refractivity (Wildman–Crippen MR) is 96.6 cm³/mol. The number of aromatic nitrogens is 1. The van der Waals surface area contributed by atoms with Crippen molar-refractivity contribution in [1.82, 2.24) is 4.57 Å². The van der Waals surface area contributed by atoms with E-state index in [2.05, 4.69) is 10.9 Å². The van der Waals surface area contributed by atoms with Gasteiger partial charge in [0.25, 0.3) is 11.6 Å². The number of non-ortho nitro benzene ring substituents is 1. The van der Waals surface area contributed by atoms with Crippen LogP contribution in [0.1, 0.15) is 10.4 Å². The van der Waals surface area contributed by atoms with Gasteiger partial charge in [-0.1, -0.05) is 41.0 Å². The number of nitro groups is 1. The van der Waals surface area contributed by atoms with Crippen molar-refractivity contribution >= 4 is 44.7 Å². The SMILES string of the molecule is C#CCn1c(=NC(=O)c2ccccc2Cl)sc2ccc([N+](=O)[O-])cc21. The summed E-state index contributed by atoms with van der Waals surface area (Å²) in [7, 11) is 0. The summed E-state index contributed by atoms with van der Waals surface area (Å²) < 4.78 is 2.34. The number of carbonyl (C=O) groups excluding carboxylic acids is 1. The molecule has 8 heteroatoms. The second kappa shape index (κ2) is 6.89. The summed E-state index contributed by atoms with van der Waals surface area (Å²) in [5, 5.41) is 11.3. The maximum atomic E-state index is 12.4. The predicted octanol–water partition coefficient (Wildman–Crippen LogP) is 3.64. The molecule has 6 nitrogen and oxygen atoms in total. The molecule has 0 aliphatic carbocycles. The normalized spacial score (nSPS) is 11.4. The molecule has 0 spiro atoms. The largest absolute Gasteiger partial charge is 0.304 e. The third kappa shape index (κ3) is 3.31. The van der Waals surface area contributed by atoms with Gasteiger partial charge >= 0.3 is 0 Å². The monoisotopic (exact) mass is 371 g/mol. The van der Waals surface area contributed by atoms with Gasteiger partial charge in [0, 0.05) is 12.1 Å². The van der Waals surface area contributed by atoms with Crippen LogP contribution in [-0.4, -0.2) is 15.4 Å². The zero-order chi connectivity index (χ0) is 18.0. The summed E-state index contributed by atoms with van der Waals surface area (Å²) in [5.74, 6) is 1.98. The molecule has 1 amide bonds. The van der Waals surface area contributed by atoms with Crippen molar-refractivity contribution in [3.63, 3.8) is 0 Å². The molecule has 1 heterocycles. The number of halogens is 1. The van der Waals surface area contributed by atoms with E-state index in [9.17, 15) is 14.9 Å². The van der Waals surface area contributed by atoms with E-state index >= 15 is 0 Å². The number of nitrogens with zero attached hydrogens (tertiary/aromatic N) is 3. The molecule has 0 fully saturated rings. The number of hydrogen-bond acceptors (Lipinski definition) is 4. The summed E-state index contributed by atoms with van der Waals surface area (Å²) in [6.07, 6.45) is 5.40. The van der Waals surface area contributed by atoms with Crippen LogP contribution in [0, 0.1) is 22.5 Å². The molecule has 0 bridgehead atoms.